The Hall–Kier alpha value is -3.85. The van der Waals surface area contributed by atoms with Gasteiger partial charge in [-0.05, 0) is 35.9 Å². The number of anilines is 1. The molecule has 1 aliphatic heterocycles. The second kappa shape index (κ2) is 9.18. The van der Waals surface area contributed by atoms with Crippen molar-refractivity contribution >= 4 is 34.7 Å². The third-order valence-electron chi connectivity index (χ3n) is 6.31. The van der Waals surface area contributed by atoms with Crippen LogP contribution in [0.1, 0.15) is 11.6 Å². The third-order valence-corrected chi connectivity index (χ3v) is 6.73. The van der Waals surface area contributed by atoms with Gasteiger partial charge < -0.3 is 19.1 Å². The van der Waals surface area contributed by atoms with Crippen LogP contribution in [-0.2, 0) is 4.79 Å². The van der Waals surface area contributed by atoms with Crippen molar-refractivity contribution < 1.29 is 9.53 Å². The highest BCUT2D eigenvalue weighted by atomic mass is 32.1. The predicted molar refractivity (Wildman–Crippen MR) is 134 cm³/mol. The maximum Gasteiger partial charge on any atom is 0.274 e. The van der Waals surface area contributed by atoms with E-state index in [4.69, 9.17) is 17.0 Å². The molecule has 174 valence electrons. The molecule has 0 spiro atoms. The zero-order valence-corrected chi connectivity index (χ0v) is 19.5. The van der Waals surface area contributed by atoms with Crippen LogP contribution in [0.3, 0.4) is 0 Å². The van der Waals surface area contributed by atoms with Crippen LogP contribution in [0.15, 0.2) is 71.7 Å². The Morgan fingerprint density at radius 1 is 0.971 bits per heavy atom. The lowest BCUT2D eigenvalue weighted by atomic mass is 10.0. The highest BCUT2D eigenvalue weighted by Gasteiger charge is 2.30. The van der Waals surface area contributed by atoms with E-state index in [2.05, 4.69) is 15.1 Å². The minimum atomic E-state index is -0.653. The number of nitrogens with zero attached hydrogens (tertiary/aromatic N) is 3. The van der Waals surface area contributed by atoms with Gasteiger partial charge >= 0.3 is 0 Å². The van der Waals surface area contributed by atoms with Gasteiger partial charge in [0.15, 0.2) is 0 Å². The van der Waals surface area contributed by atoms with Gasteiger partial charge in [-0.25, -0.2) is 0 Å². The highest BCUT2D eigenvalue weighted by molar-refractivity contribution is 7.71. The van der Waals surface area contributed by atoms with E-state index >= 15 is 0 Å². The number of benzene rings is 2. The van der Waals surface area contributed by atoms with Gasteiger partial charge in [0.2, 0.25) is 5.91 Å². The summed E-state index contributed by atoms with van der Waals surface area (Å²) in [5, 5.41) is 5.79. The van der Waals surface area contributed by atoms with Crippen molar-refractivity contribution in [3.05, 3.63) is 87.4 Å². The Bertz CT molecular complexity index is 1420. The lowest BCUT2D eigenvalue weighted by Crippen LogP contribution is -2.50. The molecule has 0 saturated carbocycles. The lowest BCUT2D eigenvalue weighted by Gasteiger charge is -2.38. The number of pyridine rings is 1. The largest absolute Gasteiger partial charge is 0.497 e. The van der Waals surface area contributed by atoms with Crippen molar-refractivity contribution in [3.63, 3.8) is 0 Å². The van der Waals surface area contributed by atoms with Gasteiger partial charge in [0.25, 0.3) is 5.56 Å². The van der Waals surface area contributed by atoms with Gasteiger partial charge in [0.1, 0.15) is 21.8 Å². The number of carbonyl (C=O) groups is 1. The van der Waals surface area contributed by atoms with Crippen molar-refractivity contribution in [2.75, 3.05) is 38.2 Å². The zero-order chi connectivity index (χ0) is 23.7. The normalized spacial score (nSPS) is 14.9. The monoisotopic (exact) mass is 475 g/mol. The fourth-order valence-corrected chi connectivity index (χ4v) is 4.84. The van der Waals surface area contributed by atoms with Gasteiger partial charge in [-0.2, -0.15) is 0 Å². The molecule has 34 heavy (non-hydrogen) atoms. The molecule has 1 saturated heterocycles. The molecule has 9 heteroatoms. The van der Waals surface area contributed by atoms with E-state index in [0.717, 1.165) is 30.1 Å². The number of aromatic nitrogens is 3. The summed E-state index contributed by atoms with van der Waals surface area (Å²) in [7, 11) is 1.65. The molecule has 0 radical (unpaired) electrons. The third kappa shape index (κ3) is 3.99. The van der Waals surface area contributed by atoms with Crippen LogP contribution in [0.2, 0.25) is 0 Å². The Kier molecular flexibility index (Phi) is 5.93. The number of ether oxygens (including phenoxy) is 1. The van der Waals surface area contributed by atoms with Crippen molar-refractivity contribution in [2.45, 2.75) is 6.04 Å². The molecule has 2 aromatic heterocycles. The van der Waals surface area contributed by atoms with E-state index in [1.54, 1.807) is 23.9 Å². The second-order valence-electron chi connectivity index (χ2n) is 8.22. The fraction of sp³-hybridized carbons (Fsp3) is 0.240. The quantitative estimate of drug-likeness (QED) is 0.433. The molecule has 5 rings (SSSR count). The first-order chi connectivity index (χ1) is 16.6. The number of aromatic amines is 2. The molecule has 2 aromatic carbocycles. The smallest absolute Gasteiger partial charge is 0.274 e. The summed E-state index contributed by atoms with van der Waals surface area (Å²) < 4.78 is 7.31. The molecule has 8 nitrogen and oxygen atoms in total. The summed E-state index contributed by atoms with van der Waals surface area (Å²) in [5.74, 6) is 0.779. The van der Waals surface area contributed by atoms with Gasteiger partial charge in [0.05, 0.1) is 12.6 Å². The number of hydrogen-bond donors (Lipinski definition) is 2. The van der Waals surface area contributed by atoms with Gasteiger partial charge in [0, 0.05) is 38.1 Å². The van der Waals surface area contributed by atoms with Crippen molar-refractivity contribution in [3.8, 4) is 5.75 Å². The summed E-state index contributed by atoms with van der Waals surface area (Å²) in [6.07, 6.45) is 1.78. The Morgan fingerprint density at radius 3 is 2.35 bits per heavy atom. The molecule has 1 unspecified atom stereocenters. The molecule has 1 aliphatic rings. The number of fused-ring (bicyclic) bond motifs is 1. The van der Waals surface area contributed by atoms with Crippen LogP contribution in [0, 0.1) is 4.64 Å². The maximum atomic E-state index is 13.9. The SMILES string of the molecule is COc1ccc(N2CCN(C(=O)C(c3ccccc3)n3ccc4[nH][nH]c(=O)c4c3=S)CC2)cc1. The average Bonchev–Trinajstić information content (AvgIpc) is 3.27. The van der Waals surface area contributed by atoms with Crippen LogP contribution >= 0.6 is 12.2 Å². The summed E-state index contributed by atoms with van der Waals surface area (Å²) in [4.78, 5) is 30.3. The maximum absolute atomic E-state index is 13.9. The van der Waals surface area contributed by atoms with Crippen molar-refractivity contribution in [2.24, 2.45) is 0 Å². The Balaban J connectivity index is 1.43. The van der Waals surface area contributed by atoms with Gasteiger partial charge in [-0.1, -0.05) is 42.5 Å². The van der Waals surface area contributed by atoms with Crippen LogP contribution in [-0.4, -0.2) is 58.9 Å². The van der Waals surface area contributed by atoms with Gasteiger partial charge in [-0.3, -0.25) is 19.8 Å². The van der Waals surface area contributed by atoms with Crippen molar-refractivity contribution in [1.29, 1.82) is 0 Å². The molecule has 1 fully saturated rings. The molecule has 4 aromatic rings. The highest BCUT2D eigenvalue weighted by Crippen LogP contribution is 2.26. The first-order valence-electron chi connectivity index (χ1n) is 11.1. The number of amides is 1. The molecular weight excluding hydrogens is 450 g/mol. The van der Waals surface area contributed by atoms with Gasteiger partial charge in [-0.15, -0.1) is 0 Å². The number of H-pyrrole nitrogens is 2. The topological polar surface area (TPSA) is 86.4 Å². The number of hydrogen-bond acceptors (Lipinski definition) is 5. The van der Waals surface area contributed by atoms with Crippen LogP contribution < -0.4 is 15.2 Å². The van der Waals surface area contributed by atoms with Crippen LogP contribution in [0.5, 0.6) is 5.75 Å². The first kappa shape index (κ1) is 22.0. The Morgan fingerprint density at radius 2 is 1.68 bits per heavy atom. The number of carbonyl (C=O) groups excluding carboxylic acids is 1. The summed E-state index contributed by atoms with van der Waals surface area (Å²) in [6, 6.07) is 18.6. The molecule has 0 aliphatic carbocycles. The molecular formula is C25H25N5O3S. The second-order valence-corrected chi connectivity index (χ2v) is 8.61. The zero-order valence-electron chi connectivity index (χ0n) is 18.7. The minimum Gasteiger partial charge on any atom is -0.497 e. The van der Waals surface area contributed by atoms with E-state index in [0.29, 0.717) is 28.6 Å². The standard InChI is InChI=1S/C25H25N5O3S/c1-33-19-9-7-18(8-10-19)28-13-15-29(16-14-28)24(32)22(17-5-3-2-4-6-17)30-12-11-20-21(25(30)34)23(31)27-26-20/h2-12,22H,13-16H2,1H3,(H2,26,27,31). The number of rotatable bonds is 5. The van der Waals surface area contributed by atoms with Crippen LogP contribution in [0.25, 0.3) is 10.9 Å². The molecule has 0 bridgehead atoms. The number of piperazine rings is 1. The van der Waals surface area contributed by atoms with Crippen molar-refractivity contribution in [1.82, 2.24) is 19.7 Å². The fourth-order valence-electron chi connectivity index (χ4n) is 4.47. The summed E-state index contributed by atoms with van der Waals surface area (Å²) >= 11 is 5.67. The number of methoxy groups -OCH3 is 1. The molecule has 3 heterocycles. The summed E-state index contributed by atoms with van der Waals surface area (Å²) in [5.41, 5.74) is 2.26. The lowest BCUT2D eigenvalue weighted by molar-refractivity contribution is -0.133. The van der Waals surface area contributed by atoms with Crippen LogP contribution in [0.4, 0.5) is 5.69 Å². The predicted octanol–water partition coefficient (Wildman–Crippen LogP) is 3.33. The average molecular weight is 476 g/mol. The van der Waals surface area contributed by atoms with E-state index < -0.39 is 6.04 Å². The molecule has 1 atom stereocenters. The van der Waals surface area contributed by atoms with E-state index in [1.165, 1.54) is 0 Å². The number of nitrogens with one attached hydrogen (secondary N) is 2. The van der Waals surface area contributed by atoms with E-state index in [-0.39, 0.29) is 11.5 Å². The first-order valence-corrected chi connectivity index (χ1v) is 11.5. The molecule has 2 N–H and O–H groups in total. The van der Waals surface area contributed by atoms with E-state index in [9.17, 15) is 9.59 Å². The van der Waals surface area contributed by atoms with E-state index in [1.807, 2.05) is 59.5 Å². The minimum absolute atomic E-state index is 0.0389. The summed E-state index contributed by atoms with van der Waals surface area (Å²) in [6.45, 7) is 2.63. The molecule has 1 amide bonds. The Labute approximate surface area is 201 Å².